The Kier molecular flexibility index (Phi) is 3.69. The van der Waals surface area contributed by atoms with Crippen LogP contribution in [0.3, 0.4) is 0 Å². The molecule has 1 saturated carbocycles. The number of ether oxygens (including phenoxy) is 1. The van der Waals surface area contributed by atoms with Crippen LogP contribution in [0.5, 0.6) is 0 Å². The Balaban J connectivity index is 1.96. The molecule has 1 aliphatic heterocycles. The monoisotopic (exact) mass is 362 g/mol. The number of rotatable bonds is 3. The van der Waals surface area contributed by atoms with Crippen molar-refractivity contribution in [2.45, 2.75) is 24.8 Å². The van der Waals surface area contributed by atoms with Gasteiger partial charge in [0.1, 0.15) is 6.54 Å². The molecule has 3 rings (SSSR count). The first-order valence-corrected chi connectivity index (χ1v) is 7.92. The highest BCUT2D eigenvalue weighted by atomic mass is 79.9. The zero-order valence-corrected chi connectivity index (χ0v) is 13.7. The minimum atomic E-state index is -0.411. The molecule has 1 aromatic rings. The molecule has 1 heterocycles. The molecule has 1 aliphatic carbocycles. The zero-order chi connectivity index (χ0) is 15.9. The quantitative estimate of drug-likeness (QED) is 0.612. The molecule has 22 heavy (non-hydrogen) atoms. The van der Waals surface area contributed by atoms with E-state index in [0.717, 1.165) is 16.5 Å². The van der Waals surface area contributed by atoms with Crippen LogP contribution in [-0.2, 0) is 14.9 Å². The van der Waals surface area contributed by atoms with Crippen LogP contribution < -0.4 is 0 Å². The molecule has 0 radical (unpaired) electrons. The molecular weight excluding hydrogens is 348 g/mol. The number of halogens is 1. The van der Waals surface area contributed by atoms with E-state index in [-0.39, 0.29) is 23.9 Å². The lowest BCUT2D eigenvalue weighted by molar-refractivity contribution is -0.144. The van der Waals surface area contributed by atoms with Crippen molar-refractivity contribution in [1.29, 1.82) is 0 Å². The van der Waals surface area contributed by atoms with Crippen molar-refractivity contribution in [3.63, 3.8) is 0 Å². The molecule has 1 amide bonds. The van der Waals surface area contributed by atoms with E-state index in [1.54, 1.807) is 13.0 Å². The number of hydrogen-bond donors (Lipinski definition) is 0. The Morgan fingerprint density at radius 2 is 2.36 bits per heavy atom. The summed E-state index contributed by atoms with van der Waals surface area (Å²) in [5, 5.41) is 0. The molecular formula is C16H15BrN2O3. The Labute approximate surface area is 137 Å². The molecule has 6 heteroatoms. The van der Waals surface area contributed by atoms with Crippen LogP contribution in [0, 0.1) is 6.57 Å². The van der Waals surface area contributed by atoms with Gasteiger partial charge in [0.15, 0.2) is 0 Å². The number of esters is 1. The van der Waals surface area contributed by atoms with Crippen molar-refractivity contribution in [3.05, 3.63) is 45.2 Å². The highest BCUT2D eigenvalue weighted by molar-refractivity contribution is 9.10. The van der Waals surface area contributed by atoms with Gasteiger partial charge < -0.3 is 14.5 Å². The SMILES string of the molecule is [C-]#[N+][C@H]1C[C@@]12CN(CC(=O)OCC)C(=O)c1ccc(Br)cc12. The first-order chi connectivity index (χ1) is 10.5. The van der Waals surface area contributed by atoms with Crippen molar-refractivity contribution in [2.75, 3.05) is 19.7 Å². The predicted molar refractivity (Wildman–Crippen MR) is 83.4 cm³/mol. The van der Waals surface area contributed by atoms with Gasteiger partial charge in [-0.2, -0.15) is 0 Å². The number of nitrogens with zero attached hydrogens (tertiary/aromatic N) is 2. The zero-order valence-electron chi connectivity index (χ0n) is 12.1. The van der Waals surface area contributed by atoms with Gasteiger partial charge in [-0.3, -0.25) is 9.59 Å². The van der Waals surface area contributed by atoms with E-state index in [1.807, 2.05) is 12.1 Å². The lowest BCUT2D eigenvalue weighted by atomic mass is 9.86. The molecule has 0 unspecified atom stereocenters. The first-order valence-electron chi connectivity index (χ1n) is 7.13. The number of fused-ring (bicyclic) bond motifs is 2. The van der Waals surface area contributed by atoms with E-state index >= 15 is 0 Å². The van der Waals surface area contributed by atoms with E-state index in [1.165, 1.54) is 4.90 Å². The number of amides is 1. The number of hydrogen-bond acceptors (Lipinski definition) is 3. The van der Waals surface area contributed by atoms with Gasteiger partial charge in [0.05, 0.1) is 12.0 Å². The molecule has 0 N–H and O–H groups in total. The second kappa shape index (κ2) is 5.40. The fraction of sp³-hybridized carbons (Fsp3) is 0.438. The number of carbonyl (C=O) groups is 2. The fourth-order valence-electron chi connectivity index (χ4n) is 3.19. The van der Waals surface area contributed by atoms with E-state index in [9.17, 15) is 9.59 Å². The summed E-state index contributed by atoms with van der Waals surface area (Å²) in [5.74, 6) is -0.580. The molecule has 0 saturated heterocycles. The maximum atomic E-state index is 12.6. The van der Waals surface area contributed by atoms with E-state index < -0.39 is 5.97 Å². The Bertz CT molecular complexity index is 697. The highest BCUT2D eigenvalue weighted by Gasteiger charge is 2.66. The van der Waals surface area contributed by atoms with Crippen LogP contribution in [0.4, 0.5) is 0 Å². The highest BCUT2D eigenvalue weighted by Crippen LogP contribution is 2.54. The van der Waals surface area contributed by atoms with Crippen molar-refractivity contribution in [3.8, 4) is 0 Å². The molecule has 1 fully saturated rings. The van der Waals surface area contributed by atoms with Crippen molar-refractivity contribution >= 4 is 27.8 Å². The molecule has 1 aromatic carbocycles. The van der Waals surface area contributed by atoms with Gasteiger partial charge in [0.25, 0.3) is 5.91 Å². The van der Waals surface area contributed by atoms with Crippen LogP contribution in [-0.4, -0.2) is 42.5 Å². The summed E-state index contributed by atoms with van der Waals surface area (Å²) in [5.41, 5.74) is 1.18. The number of carbonyl (C=O) groups excluding carboxylic acids is 2. The van der Waals surface area contributed by atoms with Crippen LogP contribution in [0.1, 0.15) is 29.3 Å². The van der Waals surface area contributed by atoms with Crippen molar-refractivity contribution in [2.24, 2.45) is 0 Å². The topological polar surface area (TPSA) is 51.0 Å². The fourth-order valence-corrected chi connectivity index (χ4v) is 3.55. The molecule has 2 atom stereocenters. The molecule has 5 nitrogen and oxygen atoms in total. The van der Waals surface area contributed by atoms with Gasteiger partial charge in [0, 0.05) is 23.0 Å². The standard InChI is InChI=1S/C16H15BrN2O3/c1-3-22-14(20)8-19-9-16(7-13(16)18-2)12-6-10(17)4-5-11(12)15(19)21/h4-6,13H,3,7-9H2,1H3/t13-,16-/m0/s1. The maximum absolute atomic E-state index is 12.6. The van der Waals surface area contributed by atoms with Crippen LogP contribution in [0.2, 0.25) is 0 Å². The minimum Gasteiger partial charge on any atom is -0.465 e. The molecule has 0 aromatic heterocycles. The predicted octanol–water partition coefficient (Wildman–Crippen LogP) is 2.40. The maximum Gasteiger partial charge on any atom is 0.325 e. The molecule has 0 bridgehead atoms. The Morgan fingerprint density at radius 1 is 1.59 bits per heavy atom. The van der Waals surface area contributed by atoms with E-state index in [4.69, 9.17) is 11.3 Å². The van der Waals surface area contributed by atoms with Crippen LogP contribution in [0.25, 0.3) is 4.85 Å². The summed E-state index contributed by atoms with van der Waals surface area (Å²) < 4.78 is 5.84. The summed E-state index contributed by atoms with van der Waals surface area (Å²) in [6.45, 7) is 9.69. The number of benzene rings is 1. The first kappa shape index (κ1) is 15.0. The molecule has 114 valence electrons. The summed E-state index contributed by atoms with van der Waals surface area (Å²) in [7, 11) is 0. The third-order valence-corrected chi connectivity index (χ3v) is 4.82. The smallest absolute Gasteiger partial charge is 0.325 e. The van der Waals surface area contributed by atoms with Crippen LogP contribution in [0.15, 0.2) is 22.7 Å². The average molecular weight is 363 g/mol. The Morgan fingerprint density at radius 3 is 3.00 bits per heavy atom. The third-order valence-electron chi connectivity index (χ3n) is 4.33. The lowest BCUT2D eigenvalue weighted by Crippen LogP contribution is -2.47. The van der Waals surface area contributed by atoms with Gasteiger partial charge in [-0.1, -0.05) is 15.9 Å². The normalized spacial score (nSPS) is 25.6. The summed E-state index contributed by atoms with van der Waals surface area (Å²) in [6.07, 6.45) is 0.729. The summed E-state index contributed by atoms with van der Waals surface area (Å²) >= 11 is 3.43. The Hall–Kier alpha value is -1.87. The van der Waals surface area contributed by atoms with Gasteiger partial charge in [0.2, 0.25) is 6.04 Å². The third kappa shape index (κ3) is 2.30. The summed E-state index contributed by atoms with van der Waals surface area (Å²) in [4.78, 5) is 29.5. The second-order valence-electron chi connectivity index (χ2n) is 5.66. The van der Waals surface area contributed by atoms with Gasteiger partial charge in [-0.25, -0.2) is 6.57 Å². The lowest BCUT2D eigenvalue weighted by Gasteiger charge is -2.33. The second-order valence-corrected chi connectivity index (χ2v) is 6.58. The molecule has 1 spiro atoms. The van der Waals surface area contributed by atoms with Crippen molar-refractivity contribution in [1.82, 2.24) is 4.90 Å². The minimum absolute atomic E-state index is 0.0609. The van der Waals surface area contributed by atoms with Gasteiger partial charge in [-0.15, -0.1) is 0 Å². The van der Waals surface area contributed by atoms with Gasteiger partial charge in [-0.05, 0) is 30.7 Å². The van der Waals surface area contributed by atoms with E-state index in [2.05, 4.69) is 20.8 Å². The van der Waals surface area contributed by atoms with Gasteiger partial charge >= 0.3 is 5.97 Å². The summed E-state index contributed by atoms with van der Waals surface area (Å²) in [6, 6.07) is 5.38. The van der Waals surface area contributed by atoms with Crippen LogP contribution >= 0.6 is 15.9 Å². The average Bonchev–Trinajstić information content (AvgIpc) is 3.19. The molecule has 2 aliphatic rings. The van der Waals surface area contributed by atoms with Crippen molar-refractivity contribution < 1.29 is 14.3 Å². The van der Waals surface area contributed by atoms with E-state index in [0.29, 0.717) is 18.7 Å². The largest absolute Gasteiger partial charge is 0.465 e.